The number of rotatable bonds is 4. The molecule has 5 heteroatoms. The van der Waals surface area contributed by atoms with Gasteiger partial charge in [-0.2, -0.15) is 5.26 Å². The summed E-state index contributed by atoms with van der Waals surface area (Å²) in [5, 5.41) is 18.7. The van der Waals surface area contributed by atoms with E-state index < -0.39 is 0 Å². The number of methoxy groups -OCH3 is 1. The Morgan fingerprint density at radius 3 is 2.50 bits per heavy atom. The lowest BCUT2D eigenvalue weighted by atomic mass is 10.1. The Hall–Kier alpha value is -2.22. The first-order chi connectivity index (χ1) is 8.58. The van der Waals surface area contributed by atoms with Crippen LogP contribution < -0.4 is 4.74 Å². The zero-order valence-electron chi connectivity index (χ0n) is 10.7. The number of ether oxygens (including phenoxy) is 1. The number of benzene rings is 1. The fraction of sp³-hybridized carbons (Fsp3) is 0.385. The van der Waals surface area contributed by atoms with Crippen LogP contribution in [0.5, 0.6) is 11.5 Å². The van der Waals surface area contributed by atoms with Crippen LogP contribution in [0, 0.1) is 11.3 Å². The Kier molecular flexibility index (Phi) is 4.55. The number of nitrogens with zero attached hydrogens (tertiary/aromatic N) is 2. The number of phenolic OH excluding ortho intramolecular Hbond substituents is 1. The number of hydrogen-bond acceptors (Lipinski definition) is 4. The summed E-state index contributed by atoms with van der Waals surface area (Å²) in [6.07, 6.45) is 0. The molecule has 0 heterocycles. The lowest BCUT2D eigenvalue weighted by molar-refractivity contribution is 0.0772. The highest BCUT2D eigenvalue weighted by molar-refractivity contribution is 5.97. The molecule has 1 amide bonds. The van der Waals surface area contributed by atoms with E-state index in [2.05, 4.69) is 0 Å². The van der Waals surface area contributed by atoms with Crippen molar-refractivity contribution in [1.82, 2.24) is 4.90 Å². The summed E-state index contributed by atoms with van der Waals surface area (Å²) in [7, 11) is 1.39. The van der Waals surface area contributed by atoms with Gasteiger partial charge in [0.25, 0.3) is 5.91 Å². The summed E-state index contributed by atoms with van der Waals surface area (Å²) in [5.74, 6) is -0.232. The first-order valence-electron chi connectivity index (χ1n) is 5.69. The van der Waals surface area contributed by atoms with Crippen molar-refractivity contribution in [2.45, 2.75) is 13.8 Å². The zero-order chi connectivity index (χ0) is 13.7. The third-order valence-electron chi connectivity index (χ3n) is 2.72. The highest BCUT2D eigenvalue weighted by Gasteiger charge is 2.19. The Morgan fingerprint density at radius 1 is 1.44 bits per heavy atom. The molecule has 1 rings (SSSR count). The largest absolute Gasteiger partial charge is 0.504 e. The van der Waals surface area contributed by atoms with E-state index in [1.165, 1.54) is 19.2 Å². The SMILES string of the molecule is CCN(CC)C(=O)c1cc(O)c(OC)cc1C#N. The minimum absolute atomic E-state index is 0.146. The first-order valence-corrected chi connectivity index (χ1v) is 5.69. The molecule has 0 aliphatic carbocycles. The van der Waals surface area contributed by atoms with Gasteiger partial charge in [-0.05, 0) is 19.9 Å². The lowest BCUT2D eigenvalue weighted by Crippen LogP contribution is -2.31. The van der Waals surface area contributed by atoms with Crippen molar-refractivity contribution in [3.63, 3.8) is 0 Å². The fourth-order valence-electron chi connectivity index (χ4n) is 1.68. The molecule has 0 aliphatic rings. The third kappa shape index (κ3) is 2.54. The first kappa shape index (κ1) is 13.8. The number of carbonyl (C=O) groups excluding carboxylic acids is 1. The molecule has 0 saturated heterocycles. The van der Waals surface area contributed by atoms with Crippen LogP contribution in [0.15, 0.2) is 12.1 Å². The molecule has 5 nitrogen and oxygen atoms in total. The van der Waals surface area contributed by atoms with Crippen LogP contribution in [0.3, 0.4) is 0 Å². The second-order valence-corrected chi connectivity index (χ2v) is 3.66. The number of carbonyl (C=O) groups is 1. The Balaban J connectivity index is 3.28. The summed E-state index contributed by atoms with van der Waals surface area (Å²) < 4.78 is 4.91. The molecule has 96 valence electrons. The zero-order valence-corrected chi connectivity index (χ0v) is 10.7. The summed E-state index contributed by atoms with van der Waals surface area (Å²) >= 11 is 0. The van der Waals surface area contributed by atoms with Crippen LogP contribution in [0.1, 0.15) is 29.8 Å². The van der Waals surface area contributed by atoms with E-state index in [-0.39, 0.29) is 28.5 Å². The van der Waals surface area contributed by atoms with E-state index in [9.17, 15) is 9.90 Å². The van der Waals surface area contributed by atoms with Crippen LogP contribution >= 0.6 is 0 Å². The van der Waals surface area contributed by atoms with E-state index in [1.807, 2.05) is 19.9 Å². The molecule has 0 aliphatic heterocycles. The van der Waals surface area contributed by atoms with Crippen molar-refractivity contribution in [1.29, 1.82) is 5.26 Å². The molecule has 1 aromatic carbocycles. The Bertz CT molecular complexity index is 488. The molecule has 0 radical (unpaired) electrons. The molecule has 1 aromatic rings. The highest BCUT2D eigenvalue weighted by atomic mass is 16.5. The van der Waals surface area contributed by atoms with Gasteiger partial charge in [-0.15, -0.1) is 0 Å². The highest BCUT2D eigenvalue weighted by Crippen LogP contribution is 2.29. The summed E-state index contributed by atoms with van der Waals surface area (Å²) in [6.45, 7) is 4.81. The van der Waals surface area contributed by atoms with Gasteiger partial charge in [0.05, 0.1) is 18.2 Å². The predicted molar refractivity (Wildman–Crippen MR) is 66.6 cm³/mol. The molecule has 1 N–H and O–H groups in total. The van der Waals surface area contributed by atoms with Crippen molar-refractivity contribution >= 4 is 5.91 Å². The molecule has 0 aromatic heterocycles. The van der Waals surface area contributed by atoms with E-state index in [1.54, 1.807) is 4.90 Å². The predicted octanol–water partition coefficient (Wildman–Crippen LogP) is 1.75. The average molecular weight is 248 g/mol. The second kappa shape index (κ2) is 5.92. The van der Waals surface area contributed by atoms with Gasteiger partial charge in [-0.25, -0.2) is 0 Å². The maximum Gasteiger partial charge on any atom is 0.255 e. The molecule has 0 atom stereocenters. The second-order valence-electron chi connectivity index (χ2n) is 3.66. The van der Waals surface area contributed by atoms with Crippen LogP contribution in [-0.4, -0.2) is 36.1 Å². The van der Waals surface area contributed by atoms with Gasteiger partial charge < -0.3 is 14.7 Å². The minimum Gasteiger partial charge on any atom is -0.504 e. The monoisotopic (exact) mass is 248 g/mol. The van der Waals surface area contributed by atoms with Gasteiger partial charge in [0, 0.05) is 19.2 Å². The third-order valence-corrected chi connectivity index (χ3v) is 2.72. The Labute approximate surface area is 106 Å². The normalized spacial score (nSPS) is 9.67. The lowest BCUT2D eigenvalue weighted by Gasteiger charge is -2.19. The molecule has 0 saturated carbocycles. The van der Waals surface area contributed by atoms with Gasteiger partial charge in [0.15, 0.2) is 11.5 Å². The molecular formula is C13H16N2O3. The smallest absolute Gasteiger partial charge is 0.255 e. The standard InChI is InChI=1S/C13H16N2O3/c1-4-15(5-2)13(17)10-7-11(16)12(18-3)6-9(10)8-14/h6-7,16H,4-5H2,1-3H3. The van der Waals surface area contributed by atoms with Crippen LogP contribution in [0.4, 0.5) is 0 Å². The van der Waals surface area contributed by atoms with Crippen molar-refractivity contribution in [2.24, 2.45) is 0 Å². The minimum atomic E-state index is -0.269. The van der Waals surface area contributed by atoms with Crippen LogP contribution in [-0.2, 0) is 0 Å². The molecule has 0 unspecified atom stereocenters. The van der Waals surface area contributed by atoms with Crippen molar-refractivity contribution in [3.8, 4) is 17.6 Å². The topological polar surface area (TPSA) is 73.6 Å². The fourth-order valence-corrected chi connectivity index (χ4v) is 1.68. The maximum atomic E-state index is 12.2. The molecule has 18 heavy (non-hydrogen) atoms. The van der Waals surface area contributed by atoms with Gasteiger partial charge in [0.2, 0.25) is 0 Å². The summed E-state index contributed by atoms with van der Waals surface area (Å²) in [5.41, 5.74) is 0.390. The number of nitriles is 1. The number of phenols is 1. The van der Waals surface area contributed by atoms with Crippen LogP contribution in [0.2, 0.25) is 0 Å². The summed E-state index contributed by atoms with van der Waals surface area (Å²) in [6, 6.07) is 4.59. The van der Waals surface area contributed by atoms with E-state index in [0.29, 0.717) is 13.1 Å². The van der Waals surface area contributed by atoms with E-state index in [0.717, 1.165) is 0 Å². The van der Waals surface area contributed by atoms with Crippen molar-refractivity contribution in [3.05, 3.63) is 23.3 Å². The van der Waals surface area contributed by atoms with Gasteiger partial charge in [0.1, 0.15) is 6.07 Å². The van der Waals surface area contributed by atoms with Crippen molar-refractivity contribution in [2.75, 3.05) is 20.2 Å². The van der Waals surface area contributed by atoms with E-state index in [4.69, 9.17) is 10.00 Å². The molecular weight excluding hydrogens is 232 g/mol. The maximum absolute atomic E-state index is 12.2. The van der Waals surface area contributed by atoms with Crippen LogP contribution in [0.25, 0.3) is 0 Å². The molecule has 0 bridgehead atoms. The van der Waals surface area contributed by atoms with Crippen molar-refractivity contribution < 1.29 is 14.6 Å². The molecule has 0 fully saturated rings. The number of hydrogen-bond donors (Lipinski definition) is 1. The quantitative estimate of drug-likeness (QED) is 0.881. The number of amides is 1. The average Bonchev–Trinajstić information content (AvgIpc) is 2.39. The Morgan fingerprint density at radius 2 is 2.06 bits per heavy atom. The van der Waals surface area contributed by atoms with E-state index >= 15 is 0 Å². The summed E-state index contributed by atoms with van der Waals surface area (Å²) in [4.78, 5) is 13.7. The van der Waals surface area contributed by atoms with Gasteiger partial charge in [-0.1, -0.05) is 0 Å². The van der Waals surface area contributed by atoms with Gasteiger partial charge >= 0.3 is 0 Å². The number of aromatic hydroxyl groups is 1. The van der Waals surface area contributed by atoms with Gasteiger partial charge in [-0.3, -0.25) is 4.79 Å². The molecule has 0 spiro atoms.